The number of carbonyl (C=O) groups is 4. The molecule has 1 aliphatic rings. The third-order valence-corrected chi connectivity index (χ3v) is 8.20. The number of pyridine rings is 1. The predicted molar refractivity (Wildman–Crippen MR) is 166 cm³/mol. The van der Waals surface area contributed by atoms with Crippen LogP contribution >= 0.6 is 11.3 Å². The number of hydrazine groups is 1. The lowest BCUT2D eigenvalue weighted by Gasteiger charge is -2.14. The number of hydrogen-bond donors (Lipinski definition) is 2. The van der Waals surface area contributed by atoms with Gasteiger partial charge in [-0.1, -0.05) is 36.4 Å². The molecule has 4 amide bonds. The summed E-state index contributed by atoms with van der Waals surface area (Å²) in [5.41, 5.74) is 9.02. The minimum Gasteiger partial charge on any atom is -0.268 e. The molecule has 0 bridgehead atoms. The van der Waals surface area contributed by atoms with Crippen LogP contribution in [0.1, 0.15) is 47.1 Å². The number of amides is 4. The topological polar surface area (TPSA) is 126 Å². The molecule has 0 atom stereocenters. The Labute approximate surface area is 254 Å². The van der Waals surface area contributed by atoms with Gasteiger partial charge in [0.05, 0.1) is 49.7 Å². The second-order valence-corrected chi connectivity index (χ2v) is 11.0. The van der Waals surface area contributed by atoms with Gasteiger partial charge < -0.3 is 0 Å². The van der Waals surface area contributed by atoms with Gasteiger partial charge in [0.25, 0.3) is 23.6 Å². The first kappa shape index (κ1) is 26.9. The zero-order chi connectivity index (χ0) is 30.4. The first-order valence-corrected chi connectivity index (χ1v) is 14.5. The standard InChI is InChI=1S/C33H22N6O4S/c1-19-28-25(18-26(27-12-7-17-44-27)34-29(28)39(37-19)22-8-3-2-4-9-22)31(41)36-35-30(40)20-13-15-21(16-14-20)38-32(42)23-10-5-6-11-24(23)33(38)43/h2-18H,1H3,(H,35,40)(H,36,41). The van der Waals surface area contributed by atoms with E-state index in [1.54, 1.807) is 41.9 Å². The van der Waals surface area contributed by atoms with E-state index >= 15 is 0 Å². The van der Waals surface area contributed by atoms with Crippen LogP contribution in [-0.4, -0.2) is 38.4 Å². The lowest BCUT2D eigenvalue weighted by atomic mass is 10.1. The van der Waals surface area contributed by atoms with E-state index in [0.717, 1.165) is 15.5 Å². The largest absolute Gasteiger partial charge is 0.270 e. The molecule has 6 aromatic rings. The summed E-state index contributed by atoms with van der Waals surface area (Å²) >= 11 is 1.50. The van der Waals surface area contributed by atoms with Crippen molar-refractivity contribution in [2.24, 2.45) is 0 Å². The summed E-state index contributed by atoms with van der Waals surface area (Å²) < 4.78 is 1.70. The molecule has 0 saturated carbocycles. The van der Waals surface area contributed by atoms with Gasteiger partial charge >= 0.3 is 0 Å². The highest BCUT2D eigenvalue weighted by Crippen LogP contribution is 2.31. The van der Waals surface area contributed by atoms with E-state index in [2.05, 4.69) is 16.0 Å². The summed E-state index contributed by atoms with van der Waals surface area (Å²) in [5, 5.41) is 7.16. The van der Waals surface area contributed by atoms with Crippen LogP contribution in [0.25, 0.3) is 27.3 Å². The molecule has 214 valence electrons. The van der Waals surface area contributed by atoms with Crippen LogP contribution in [0.15, 0.2) is 102 Å². The highest BCUT2D eigenvalue weighted by Gasteiger charge is 2.36. The number of imide groups is 1. The van der Waals surface area contributed by atoms with Crippen LogP contribution in [-0.2, 0) is 0 Å². The molecule has 0 saturated heterocycles. The van der Waals surface area contributed by atoms with Crippen molar-refractivity contribution in [2.75, 3.05) is 4.90 Å². The van der Waals surface area contributed by atoms with Crippen molar-refractivity contribution in [1.82, 2.24) is 25.6 Å². The van der Waals surface area contributed by atoms with Crippen LogP contribution in [0.4, 0.5) is 5.69 Å². The number of thiophene rings is 1. The van der Waals surface area contributed by atoms with Crippen molar-refractivity contribution in [3.8, 4) is 16.3 Å². The number of aromatic nitrogens is 3. The van der Waals surface area contributed by atoms with Crippen molar-refractivity contribution in [2.45, 2.75) is 6.92 Å². The molecular weight excluding hydrogens is 576 g/mol. The van der Waals surface area contributed by atoms with Crippen LogP contribution < -0.4 is 15.8 Å². The van der Waals surface area contributed by atoms with E-state index in [1.165, 1.54) is 35.6 Å². The molecule has 11 heteroatoms. The second-order valence-electron chi connectivity index (χ2n) is 10.0. The number of rotatable bonds is 5. The SMILES string of the molecule is Cc1nn(-c2ccccc2)c2nc(-c3cccs3)cc(C(=O)NNC(=O)c3ccc(N4C(=O)c5ccccc5C4=O)cc3)c12. The summed E-state index contributed by atoms with van der Waals surface area (Å²) in [6, 6.07) is 27.6. The zero-order valence-electron chi connectivity index (χ0n) is 23.1. The van der Waals surface area contributed by atoms with Gasteiger partial charge in [0, 0.05) is 5.56 Å². The Bertz CT molecular complexity index is 2070. The normalized spacial score (nSPS) is 12.4. The molecule has 44 heavy (non-hydrogen) atoms. The number of benzene rings is 3. The number of para-hydroxylation sites is 1. The highest BCUT2D eigenvalue weighted by molar-refractivity contribution is 7.13. The summed E-state index contributed by atoms with van der Waals surface area (Å²) in [6.07, 6.45) is 0. The summed E-state index contributed by atoms with van der Waals surface area (Å²) in [7, 11) is 0. The maximum atomic E-state index is 13.6. The summed E-state index contributed by atoms with van der Waals surface area (Å²) in [6.45, 7) is 1.81. The number of anilines is 1. The molecule has 1 aliphatic heterocycles. The Kier molecular flexibility index (Phi) is 6.56. The van der Waals surface area contributed by atoms with Gasteiger partial charge in [-0.2, -0.15) is 5.10 Å². The molecule has 0 unspecified atom stereocenters. The first-order valence-electron chi connectivity index (χ1n) is 13.6. The van der Waals surface area contributed by atoms with E-state index in [1.807, 2.05) is 47.8 Å². The van der Waals surface area contributed by atoms with Gasteiger partial charge in [-0.05, 0) is 73.0 Å². The molecule has 0 fully saturated rings. The van der Waals surface area contributed by atoms with Crippen molar-refractivity contribution >= 4 is 51.7 Å². The van der Waals surface area contributed by atoms with Crippen LogP contribution in [0.5, 0.6) is 0 Å². The molecule has 7 rings (SSSR count). The average molecular weight is 599 g/mol. The number of nitrogens with zero attached hydrogens (tertiary/aromatic N) is 4. The minimum atomic E-state index is -0.576. The number of hydrogen-bond acceptors (Lipinski definition) is 7. The van der Waals surface area contributed by atoms with Crippen LogP contribution in [0.2, 0.25) is 0 Å². The maximum absolute atomic E-state index is 13.6. The Morgan fingerprint density at radius 3 is 2.07 bits per heavy atom. The predicted octanol–water partition coefficient (Wildman–Crippen LogP) is 5.33. The Morgan fingerprint density at radius 1 is 0.750 bits per heavy atom. The van der Waals surface area contributed by atoms with Gasteiger partial charge in [-0.3, -0.25) is 30.0 Å². The average Bonchev–Trinajstić information content (AvgIpc) is 3.78. The molecule has 2 N–H and O–H groups in total. The molecule has 0 aliphatic carbocycles. The second kappa shape index (κ2) is 10.7. The van der Waals surface area contributed by atoms with Gasteiger partial charge in [-0.25, -0.2) is 14.6 Å². The number of aryl methyl sites for hydroxylation is 1. The molecule has 4 heterocycles. The molecular formula is C33H22N6O4S. The van der Waals surface area contributed by atoms with Crippen LogP contribution in [0, 0.1) is 6.92 Å². The summed E-state index contributed by atoms with van der Waals surface area (Å²) in [5.74, 6) is -1.97. The molecule has 0 radical (unpaired) electrons. The molecule has 10 nitrogen and oxygen atoms in total. The van der Waals surface area contributed by atoms with E-state index in [9.17, 15) is 19.2 Å². The van der Waals surface area contributed by atoms with Gasteiger partial charge in [0.15, 0.2) is 5.65 Å². The lowest BCUT2D eigenvalue weighted by molar-refractivity contribution is 0.0847. The molecule has 0 spiro atoms. The van der Waals surface area contributed by atoms with Crippen molar-refractivity contribution in [1.29, 1.82) is 0 Å². The Balaban J connectivity index is 1.14. The van der Waals surface area contributed by atoms with E-state index in [4.69, 9.17) is 4.98 Å². The molecule has 3 aromatic heterocycles. The first-order chi connectivity index (χ1) is 21.4. The number of nitrogens with one attached hydrogen (secondary N) is 2. The lowest BCUT2D eigenvalue weighted by Crippen LogP contribution is -2.41. The van der Waals surface area contributed by atoms with E-state index in [0.29, 0.717) is 44.8 Å². The quantitative estimate of drug-likeness (QED) is 0.204. The van der Waals surface area contributed by atoms with E-state index < -0.39 is 23.6 Å². The fourth-order valence-electron chi connectivity index (χ4n) is 5.21. The highest BCUT2D eigenvalue weighted by atomic mass is 32.1. The van der Waals surface area contributed by atoms with Gasteiger partial charge in [0.1, 0.15) is 0 Å². The summed E-state index contributed by atoms with van der Waals surface area (Å²) in [4.78, 5) is 59.0. The maximum Gasteiger partial charge on any atom is 0.270 e. The van der Waals surface area contributed by atoms with Gasteiger partial charge in [-0.15, -0.1) is 11.3 Å². The smallest absolute Gasteiger partial charge is 0.268 e. The Hall–Kier alpha value is -5.94. The number of fused-ring (bicyclic) bond motifs is 2. The van der Waals surface area contributed by atoms with E-state index in [-0.39, 0.29) is 5.56 Å². The number of carbonyl (C=O) groups excluding carboxylic acids is 4. The third kappa shape index (κ3) is 4.52. The van der Waals surface area contributed by atoms with Crippen LogP contribution in [0.3, 0.4) is 0 Å². The third-order valence-electron chi connectivity index (χ3n) is 7.30. The fourth-order valence-corrected chi connectivity index (χ4v) is 5.89. The monoisotopic (exact) mass is 598 g/mol. The van der Waals surface area contributed by atoms with Crippen molar-refractivity contribution in [3.63, 3.8) is 0 Å². The Morgan fingerprint density at radius 2 is 1.41 bits per heavy atom. The zero-order valence-corrected chi connectivity index (χ0v) is 24.0. The fraction of sp³-hybridized carbons (Fsp3) is 0.0303. The van der Waals surface area contributed by atoms with Gasteiger partial charge in [0.2, 0.25) is 0 Å². The molecule has 3 aromatic carbocycles. The minimum absolute atomic E-state index is 0.220. The van der Waals surface area contributed by atoms with Crippen molar-refractivity contribution < 1.29 is 19.2 Å². The van der Waals surface area contributed by atoms with Crippen molar-refractivity contribution in [3.05, 3.63) is 130 Å².